The van der Waals surface area contributed by atoms with Crippen molar-refractivity contribution in [3.05, 3.63) is 66.2 Å². The van der Waals surface area contributed by atoms with Gasteiger partial charge in [0.25, 0.3) is 5.91 Å². The van der Waals surface area contributed by atoms with E-state index in [4.69, 9.17) is 4.74 Å². The van der Waals surface area contributed by atoms with Crippen molar-refractivity contribution in [2.75, 3.05) is 17.7 Å². The van der Waals surface area contributed by atoms with Crippen molar-refractivity contribution in [3.63, 3.8) is 0 Å². The van der Waals surface area contributed by atoms with E-state index in [1.165, 1.54) is 7.11 Å². The van der Waals surface area contributed by atoms with Crippen LogP contribution in [0, 0.1) is 0 Å². The standard InChI is InChI=1S/C20H21N5O3/c1-25-13-21-24-18(25)10-11-19(26)22-14-6-5-7-15(12-14)23-20(27)16-8-3-4-9-17(16)28-2/h3-9,12-13H,10-11H2,1-2H3,(H,22,26)(H,23,27). The van der Waals surface area contributed by atoms with Crippen LogP contribution < -0.4 is 15.4 Å². The van der Waals surface area contributed by atoms with Crippen LogP contribution in [0.15, 0.2) is 54.9 Å². The van der Waals surface area contributed by atoms with Crippen molar-refractivity contribution in [2.24, 2.45) is 7.05 Å². The number of benzene rings is 2. The summed E-state index contributed by atoms with van der Waals surface area (Å²) in [6.45, 7) is 0. The number of amides is 2. The van der Waals surface area contributed by atoms with E-state index in [9.17, 15) is 9.59 Å². The molecule has 0 atom stereocenters. The van der Waals surface area contributed by atoms with Crippen LogP contribution in [0.3, 0.4) is 0 Å². The minimum atomic E-state index is -0.289. The second-order valence-electron chi connectivity index (χ2n) is 6.14. The average molecular weight is 379 g/mol. The number of nitrogens with one attached hydrogen (secondary N) is 2. The first-order chi connectivity index (χ1) is 13.6. The molecular weight excluding hydrogens is 358 g/mol. The molecule has 0 aliphatic heterocycles. The van der Waals surface area contributed by atoms with Crippen LogP contribution in [0.25, 0.3) is 0 Å². The number of rotatable bonds is 7. The van der Waals surface area contributed by atoms with Crippen LogP contribution in [0.1, 0.15) is 22.6 Å². The van der Waals surface area contributed by atoms with Gasteiger partial charge in [0.15, 0.2) is 0 Å². The van der Waals surface area contributed by atoms with Crippen LogP contribution >= 0.6 is 0 Å². The van der Waals surface area contributed by atoms with Gasteiger partial charge < -0.3 is 19.9 Å². The molecule has 8 nitrogen and oxygen atoms in total. The van der Waals surface area contributed by atoms with Gasteiger partial charge in [-0.15, -0.1) is 10.2 Å². The number of para-hydroxylation sites is 1. The molecule has 0 spiro atoms. The van der Waals surface area contributed by atoms with E-state index < -0.39 is 0 Å². The van der Waals surface area contributed by atoms with Gasteiger partial charge >= 0.3 is 0 Å². The number of ether oxygens (including phenoxy) is 1. The summed E-state index contributed by atoms with van der Waals surface area (Å²) in [5, 5.41) is 13.4. The Morgan fingerprint density at radius 3 is 2.54 bits per heavy atom. The van der Waals surface area contributed by atoms with E-state index in [0.29, 0.717) is 29.1 Å². The maximum atomic E-state index is 12.5. The fourth-order valence-corrected chi connectivity index (χ4v) is 2.69. The molecule has 0 aliphatic rings. The van der Waals surface area contributed by atoms with E-state index in [-0.39, 0.29) is 18.2 Å². The maximum Gasteiger partial charge on any atom is 0.259 e. The lowest BCUT2D eigenvalue weighted by Crippen LogP contribution is -2.15. The van der Waals surface area contributed by atoms with Gasteiger partial charge in [-0.3, -0.25) is 9.59 Å². The number of nitrogens with zero attached hydrogens (tertiary/aromatic N) is 3. The first kappa shape index (κ1) is 19.1. The molecule has 8 heteroatoms. The van der Waals surface area contributed by atoms with Crippen molar-refractivity contribution < 1.29 is 14.3 Å². The van der Waals surface area contributed by atoms with Crippen molar-refractivity contribution in [3.8, 4) is 5.75 Å². The third kappa shape index (κ3) is 4.73. The summed E-state index contributed by atoms with van der Waals surface area (Å²) in [5.74, 6) is 0.806. The predicted octanol–water partition coefficient (Wildman–Crippen LogP) is 2.65. The Morgan fingerprint density at radius 1 is 1.07 bits per heavy atom. The molecule has 2 aromatic carbocycles. The summed E-state index contributed by atoms with van der Waals surface area (Å²) in [7, 11) is 3.35. The first-order valence-corrected chi connectivity index (χ1v) is 8.74. The summed E-state index contributed by atoms with van der Waals surface area (Å²) < 4.78 is 7.00. The Balaban J connectivity index is 1.61. The van der Waals surface area contributed by atoms with Crippen LogP contribution in [0.2, 0.25) is 0 Å². The Labute approximate surface area is 162 Å². The normalized spacial score (nSPS) is 10.4. The van der Waals surface area contributed by atoms with E-state index in [1.54, 1.807) is 59.4 Å². The van der Waals surface area contributed by atoms with Crippen molar-refractivity contribution in [1.29, 1.82) is 0 Å². The minimum absolute atomic E-state index is 0.142. The predicted molar refractivity (Wildman–Crippen MR) is 105 cm³/mol. The lowest BCUT2D eigenvalue weighted by molar-refractivity contribution is -0.116. The highest BCUT2D eigenvalue weighted by Crippen LogP contribution is 2.21. The molecule has 0 bridgehead atoms. The van der Waals surface area contributed by atoms with E-state index in [0.717, 1.165) is 5.82 Å². The number of carbonyl (C=O) groups is 2. The summed E-state index contributed by atoms with van der Waals surface area (Å²) in [4.78, 5) is 24.7. The number of anilines is 2. The van der Waals surface area contributed by atoms with Gasteiger partial charge in [0.05, 0.1) is 12.7 Å². The number of methoxy groups -OCH3 is 1. The highest BCUT2D eigenvalue weighted by atomic mass is 16.5. The van der Waals surface area contributed by atoms with Crippen molar-refractivity contribution >= 4 is 23.2 Å². The zero-order valence-electron chi connectivity index (χ0n) is 15.7. The van der Waals surface area contributed by atoms with Gasteiger partial charge in [-0.2, -0.15) is 0 Å². The van der Waals surface area contributed by atoms with Crippen molar-refractivity contribution in [1.82, 2.24) is 14.8 Å². The number of hydrogen-bond acceptors (Lipinski definition) is 5. The zero-order valence-corrected chi connectivity index (χ0v) is 15.7. The third-order valence-electron chi connectivity index (χ3n) is 4.14. The molecule has 0 aliphatic carbocycles. The van der Waals surface area contributed by atoms with E-state index in [2.05, 4.69) is 20.8 Å². The van der Waals surface area contributed by atoms with Crippen LogP contribution in [-0.4, -0.2) is 33.7 Å². The molecule has 1 aromatic heterocycles. The maximum absolute atomic E-state index is 12.5. The van der Waals surface area contributed by atoms with Crippen LogP contribution in [-0.2, 0) is 18.3 Å². The lowest BCUT2D eigenvalue weighted by atomic mass is 10.1. The number of aromatic nitrogens is 3. The zero-order chi connectivity index (χ0) is 19.9. The summed E-state index contributed by atoms with van der Waals surface area (Å²) in [6, 6.07) is 14.0. The highest BCUT2D eigenvalue weighted by Gasteiger charge is 2.12. The molecule has 28 heavy (non-hydrogen) atoms. The van der Waals surface area contributed by atoms with Gasteiger partial charge in [0, 0.05) is 31.3 Å². The fourth-order valence-electron chi connectivity index (χ4n) is 2.69. The summed E-state index contributed by atoms with van der Waals surface area (Å²) in [6.07, 6.45) is 2.37. The van der Waals surface area contributed by atoms with Gasteiger partial charge in [-0.05, 0) is 30.3 Å². The van der Waals surface area contributed by atoms with Gasteiger partial charge in [0.2, 0.25) is 5.91 Å². The second kappa shape index (κ2) is 8.81. The van der Waals surface area contributed by atoms with Crippen LogP contribution in [0.5, 0.6) is 5.75 Å². The number of aryl methyl sites for hydroxylation is 2. The average Bonchev–Trinajstić information content (AvgIpc) is 3.11. The molecule has 1 heterocycles. The van der Waals surface area contributed by atoms with Crippen molar-refractivity contribution in [2.45, 2.75) is 12.8 Å². The summed E-state index contributed by atoms with van der Waals surface area (Å²) >= 11 is 0. The first-order valence-electron chi connectivity index (χ1n) is 8.74. The topological polar surface area (TPSA) is 98.1 Å². The molecule has 3 aromatic rings. The molecule has 144 valence electrons. The number of carbonyl (C=O) groups excluding carboxylic acids is 2. The second-order valence-corrected chi connectivity index (χ2v) is 6.14. The quantitative estimate of drug-likeness (QED) is 0.658. The summed E-state index contributed by atoms with van der Waals surface area (Å²) in [5.41, 5.74) is 1.60. The molecule has 2 amide bonds. The van der Waals surface area contributed by atoms with Crippen LogP contribution in [0.4, 0.5) is 11.4 Å². The molecule has 0 radical (unpaired) electrons. The molecule has 2 N–H and O–H groups in total. The van der Waals surface area contributed by atoms with E-state index >= 15 is 0 Å². The smallest absolute Gasteiger partial charge is 0.259 e. The Bertz CT molecular complexity index is 983. The Kier molecular flexibility index (Phi) is 6.01. The third-order valence-corrected chi connectivity index (χ3v) is 4.14. The number of hydrogen-bond donors (Lipinski definition) is 2. The van der Waals surface area contributed by atoms with Gasteiger partial charge in [-0.25, -0.2) is 0 Å². The molecule has 0 saturated carbocycles. The monoisotopic (exact) mass is 379 g/mol. The molecular formula is C20H21N5O3. The highest BCUT2D eigenvalue weighted by molar-refractivity contribution is 6.06. The van der Waals surface area contributed by atoms with E-state index in [1.807, 2.05) is 7.05 Å². The Hall–Kier alpha value is -3.68. The van der Waals surface area contributed by atoms with Gasteiger partial charge in [-0.1, -0.05) is 18.2 Å². The minimum Gasteiger partial charge on any atom is -0.496 e. The molecule has 0 unspecified atom stereocenters. The molecule has 0 saturated heterocycles. The van der Waals surface area contributed by atoms with Gasteiger partial charge in [0.1, 0.15) is 17.9 Å². The Morgan fingerprint density at radius 2 is 1.82 bits per heavy atom. The lowest BCUT2D eigenvalue weighted by Gasteiger charge is -2.11. The fraction of sp³-hybridized carbons (Fsp3) is 0.200. The SMILES string of the molecule is COc1ccccc1C(=O)Nc1cccc(NC(=O)CCc2nncn2C)c1. The molecule has 0 fully saturated rings. The largest absolute Gasteiger partial charge is 0.496 e. The molecule has 3 rings (SSSR count).